The van der Waals surface area contributed by atoms with Gasteiger partial charge in [0.25, 0.3) is 0 Å². The molecule has 0 aliphatic rings. The van der Waals surface area contributed by atoms with E-state index < -0.39 is 7.67 Å². The van der Waals surface area contributed by atoms with Crippen LogP contribution in [0.25, 0.3) is 0 Å². The third kappa shape index (κ3) is 6.22. The largest absolute Gasteiger partial charge is 0.340 e. The van der Waals surface area contributed by atoms with Gasteiger partial charge in [-0.1, -0.05) is 13.8 Å². The Morgan fingerprint density at radius 3 is 1.85 bits per heavy atom. The Balaban J connectivity index is 3.92. The summed E-state index contributed by atoms with van der Waals surface area (Å²) < 4.78 is 17.1. The number of hydrogen-bond donors (Lipinski definition) is 2. The highest BCUT2D eigenvalue weighted by atomic mass is 31.2. The summed E-state index contributed by atoms with van der Waals surface area (Å²) in [6.07, 6.45) is 1.90. The normalized spacial score (nSPS) is 11.9. The second-order valence-corrected chi connectivity index (χ2v) is 4.78. The van der Waals surface area contributed by atoms with E-state index in [1.54, 1.807) is 0 Å². The third-order valence-corrected chi connectivity index (χ3v) is 3.35. The van der Waals surface area contributed by atoms with Crippen LogP contribution >= 0.6 is 7.67 Å². The molecule has 0 aromatic heterocycles. The quantitative estimate of drug-likeness (QED) is 0.600. The molecule has 0 atom stereocenters. The lowest BCUT2D eigenvalue weighted by Gasteiger charge is -2.19. The summed E-state index contributed by atoms with van der Waals surface area (Å²) in [5, 5.41) is 5.81. The first kappa shape index (κ1) is 13.1. The third-order valence-electron chi connectivity index (χ3n) is 1.45. The molecule has 4 nitrogen and oxygen atoms in total. The van der Waals surface area contributed by atoms with Crippen LogP contribution in [-0.4, -0.2) is 19.7 Å². The smallest absolute Gasteiger partial charge is 0.306 e. The fourth-order valence-corrected chi connectivity index (χ4v) is 2.54. The van der Waals surface area contributed by atoms with Gasteiger partial charge < -0.3 is 4.52 Å². The summed E-state index contributed by atoms with van der Waals surface area (Å²) in [5.74, 6) is 0. The monoisotopic (exact) mass is 208 g/mol. The second-order valence-electron chi connectivity index (χ2n) is 2.79. The SMILES string of the molecule is CCCNP(=O)(NCCC)OCC. The lowest BCUT2D eigenvalue weighted by molar-refractivity contribution is 0.315. The van der Waals surface area contributed by atoms with Gasteiger partial charge in [0.2, 0.25) is 0 Å². The zero-order chi connectivity index (χ0) is 10.2. The Hall–Kier alpha value is 0.110. The van der Waals surface area contributed by atoms with E-state index in [9.17, 15) is 4.57 Å². The van der Waals surface area contributed by atoms with Crippen LogP contribution in [0.4, 0.5) is 0 Å². The summed E-state index contributed by atoms with van der Waals surface area (Å²) in [5.41, 5.74) is 0. The van der Waals surface area contributed by atoms with Gasteiger partial charge in [-0.3, -0.25) is 4.57 Å². The molecule has 0 fully saturated rings. The number of hydrogen-bond acceptors (Lipinski definition) is 2. The maximum atomic E-state index is 11.9. The molecule has 0 aromatic rings. The fourth-order valence-electron chi connectivity index (χ4n) is 0.847. The van der Waals surface area contributed by atoms with E-state index in [0.29, 0.717) is 19.7 Å². The van der Waals surface area contributed by atoms with Crippen molar-refractivity contribution in [2.75, 3.05) is 19.7 Å². The fraction of sp³-hybridized carbons (Fsp3) is 1.00. The molecule has 0 saturated carbocycles. The van der Waals surface area contributed by atoms with E-state index in [0.717, 1.165) is 12.8 Å². The molecule has 0 rings (SSSR count). The van der Waals surface area contributed by atoms with Crippen LogP contribution < -0.4 is 10.2 Å². The van der Waals surface area contributed by atoms with Gasteiger partial charge in [-0.25, -0.2) is 10.2 Å². The molecule has 0 aliphatic heterocycles. The predicted octanol–water partition coefficient (Wildman–Crippen LogP) is 2.13. The van der Waals surface area contributed by atoms with Crippen LogP contribution in [0.1, 0.15) is 33.6 Å². The second kappa shape index (κ2) is 7.51. The molecule has 0 aliphatic carbocycles. The predicted molar refractivity (Wildman–Crippen MR) is 55.8 cm³/mol. The highest BCUT2D eigenvalue weighted by molar-refractivity contribution is 7.54. The van der Waals surface area contributed by atoms with Crippen LogP contribution in [-0.2, 0) is 9.09 Å². The van der Waals surface area contributed by atoms with Gasteiger partial charge in [0.05, 0.1) is 6.61 Å². The first-order chi connectivity index (χ1) is 6.18. The van der Waals surface area contributed by atoms with Crippen LogP contribution in [0.5, 0.6) is 0 Å². The molecule has 0 spiro atoms. The van der Waals surface area contributed by atoms with Gasteiger partial charge in [0.15, 0.2) is 0 Å². The van der Waals surface area contributed by atoms with Crippen LogP contribution in [0.2, 0.25) is 0 Å². The molecule has 80 valence electrons. The van der Waals surface area contributed by atoms with E-state index in [-0.39, 0.29) is 0 Å². The Labute approximate surface area is 81.0 Å². The Kier molecular flexibility index (Phi) is 7.57. The molecular formula is C8H21N2O2P. The van der Waals surface area contributed by atoms with Gasteiger partial charge in [0.1, 0.15) is 0 Å². The molecule has 0 radical (unpaired) electrons. The molecule has 0 bridgehead atoms. The summed E-state index contributed by atoms with van der Waals surface area (Å²) in [7, 11) is -2.75. The molecule has 0 aromatic carbocycles. The van der Waals surface area contributed by atoms with E-state index >= 15 is 0 Å². The summed E-state index contributed by atoms with van der Waals surface area (Å²) in [4.78, 5) is 0. The van der Waals surface area contributed by atoms with Crippen molar-refractivity contribution in [1.29, 1.82) is 0 Å². The van der Waals surface area contributed by atoms with Crippen molar-refractivity contribution in [3.8, 4) is 0 Å². The molecule has 0 amide bonds. The minimum absolute atomic E-state index is 0.463. The number of rotatable bonds is 8. The minimum Gasteiger partial charge on any atom is -0.306 e. The van der Waals surface area contributed by atoms with Crippen molar-refractivity contribution in [3.63, 3.8) is 0 Å². The van der Waals surface area contributed by atoms with Gasteiger partial charge in [-0.2, -0.15) is 0 Å². The zero-order valence-electron chi connectivity index (χ0n) is 8.80. The van der Waals surface area contributed by atoms with Crippen LogP contribution in [0, 0.1) is 0 Å². The van der Waals surface area contributed by atoms with Crippen molar-refractivity contribution in [1.82, 2.24) is 10.2 Å². The van der Waals surface area contributed by atoms with Gasteiger partial charge in [0, 0.05) is 13.1 Å². The zero-order valence-corrected chi connectivity index (χ0v) is 9.69. The topological polar surface area (TPSA) is 50.4 Å². The molecule has 2 N–H and O–H groups in total. The summed E-state index contributed by atoms with van der Waals surface area (Å²) in [6.45, 7) is 7.80. The van der Waals surface area contributed by atoms with E-state index in [1.165, 1.54) is 0 Å². The van der Waals surface area contributed by atoms with Crippen molar-refractivity contribution in [3.05, 3.63) is 0 Å². The minimum atomic E-state index is -2.75. The summed E-state index contributed by atoms with van der Waals surface area (Å²) >= 11 is 0. The average molecular weight is 208 g/mol. The molecule has 0 unspecified atom stereocenters. The molecular weight excluding hydrogens is 187 g/mol. The Morgan fingerprint density at radius 2 is 1.54 bits per heavy atom. The van der Waals surface area contributed by atoms with Gasteiger partial charge in [-0.15, -0.1) is 0 Å². The molecule has 5 heteroatoms. The maximum Gasteiger partial charge on any atom is 0.340 e. The van der Waals surface area contributed by atoms with Crippen LogP contribution in [0.15, 0.2) is 0 Å². The Bertz CT molecular complexity index is 152. The van der Waals surface area contributed by atoms with Crippen molar-refractivity contribution in [2.24, 2.45) is 0 Å². The first-order valence-corrected chi connectivity index (χ1v) is 6.55. The molecule has 13 heavy (non-hydrogen) atoms. The highest BCUT2D eigenvalue weighted by Gasteiger charge is 2.19. The highest BCUT2D eigenvalue weighted by Crippen LogP contribution is 2.36. The standard InChI is InChI=1S/C8H21N2O2P/c1-4-7-9-13(11,12-6-3)10-8-5-2/h4-8H2,1-3H3,(H2,9,10,11). The maximum absolute atomic E-state index is 11.9. The van der Waals surface area contributed by atoms with Crippen molar-refractivity contribution in [2.45, 2.75) is 33.6 Å². The molecule has 0 heterocycles. The summed E-state index contributed by atoms with van der Waals surface area (Å²) in [6, 6.07) is 0. The van der Waals surface area contributed by atoms with Gasteiger partial charge in [-0.05, 0) is 19.8 Å². The first-order valence-electron chi connectivity index (χ1n) is 4.93. The van der Waals surface area contributed by atoms with Crippen molar-refractivity contribution >= 4 is 7.67 Å². The van der Waals surface area contributed by atoms with Crippen LogP contribution in [0.3, 0.4) is 0 Å². The molecule has 0 saturated heterocycles. The lowest BCUT2D eigenvalue weighted by atomic mass is 10.5. The average Bonchev–Trinajstić information content (AvgIpc) is 2.12. The van der Waals surface area contributed by atoms with E-state index in [2.05, 4.69) is 10.2 Å². The van der Waals surface area contributed by atoms with E-state index in [1.807, 2.05) is 20.8 Å². The van der Waals surface area contributed by atoms with E-state index in [4.69, 9.17) is 4.52 Å². The number of nitrogens with one attached hydrogen (secondary N) is 2. The lowest BCUT2D eigenvalue weighted by Crippen LogP contribution is -2.25. The van der Waals surface area contributed by atoms with Crippen molar-refractivity contribution < 1.29 is 9.09 Å². The Morgan fingerprint density at radius 1 is 1.08 bits per heavy atom. The van der Waals surface area contributed by atoms with Gasteiger partial charge >= 0.3 is 7.67 Å².